The van der Waals surface area contributed by atoms with Gasteiger partial charge in [0, 0.05) is 25.0 Å². The molecule has 1 aliphatic heterocycles. The number of hydrogen-bond acceptors (Lipinski definition) is 2. The number of nitrogens with zero attached hydrogens (tertiary/aromatic N) is 1. The van der Waals surface area contributed by atoms with Crippen molar-refractivity contribution in [3.05, 3.63) is 0 Å². The summed E-state index contributed by atoms with van der Waals surface area (Å²) in [6, 6.07) is 0. The first-order valence-corrected chi connectivity index (χ1v) is 9.34. The quantitative estimate of drug-likeness (QED) is 0.754. The van der Waals surface area contributed by atoms with Crippen molar-refractivity contribution in [1.29, 1.82) is 0 Å². The van der Waals surface area contributed by atoms with Gasteiger partial charge in [0.2, 0.25) is 0 Å². The van der Waals surface area contributed by atoms with E-state index in [1.54, 1.807) is 4.31 Å². The monoisotopic (exact) mass is 338 g/mol. The maximum absolute atomic E-state index is 12.2. The van der Waals surface area contributed by atoms with Gasteiger partial charge in [-0.2, -0.15) is 12.7 Å². The minimum Gasteiger partial charge on any atom is -0.202 e. The van der Waals surface area contributed by atoms with E-state index >= 15 is 0 Å². The molecular weight excluding hydrogens is 316 g/mol. The average Bonchev–Trinajstić information content (AvgIpc) is 3.08. The van der Waals surface area contributed by atoms with Crippen molar-refractivity contribution in [2.75, 3.05) is 25.0 Å². The Morgan fingerprint density at radius 2 is 1.94 bits per heavy atom. The summed E-state index contributed by atoms with van der Waals surface area (Å²) in [6.45, 7) is 4.13. The van der Waals surface area contributed by atoms with Crippen LogP contribution < -0.4 is 4.72 Å². The third-order valence-corrected chi connectivity index (χ3v) is 6.24. The molecule has 1 saturated carbocycles. The topological polar surface area (TPSA) is 49.4 Å². The van der Waals surface area contributed by atoms with Crippen LogP contribution in [-0.2, 0) is 10.2 Å². The van der Waals surface area contributed by atoms with Crippen LogP contribution in [0.5, 0.6) is 0 Å². The number of piperidine rings is 1. The molecule has 18 heavy (non-hydrogen) atoms. The molecule has 2 rings (SSSR count). The van der Waals surface area contributed by atoms with Crippen molar-refractivity contribution in [2.45, 2.75) is 39.0 Å². The van der Waals surface area contributed by atoms with Crippen LogP contribution >= 0.6 is 15.9 Å². The smallest absolute Gasteiger partial charge is 0.202 e. The lowest BCUT2D eigenvalue weighted by Crippen LogP contribution is -2.46. The molecule has 1 aliphatic carbocycles. The molecule has 1 N–H and O–H groups in total. The standard InChI is InChI=1S/C12H23BrN2O2S/c1-11-2-8-15(9-3-11)18(16,17)14-10-12(4-5-12)6-7-13/h11,14H,2-10H2,1H3. The Labute approximate surface area is 119 Å². The lowest BCUT2D eigenvalue weighted by Gasteiger charge is -2.30. The van der Waals surface area contributed by atoms with Gasteiger partial charge in [-0.05, 0) is 43.4 Å². The summed E-state index contributed by atoms with van der Waals surface area (Å²) in [5, 5.41) is 0.954. The number of hydrogen-bond donors (Lipinski definition) is 1. The Balaban J connectivity index is 1.84. The van der Waals surface area contributed by atoms with E-state index in [-0.39, 0.29) is 5.41 Å². The van der Waals surface area contributed by atoms with Gasteiger partial charge in [-0.15, -0.1) is 0 Å². The predicted molar refractivity (Wildman–Crippen MR) is 77.0 cm³/mol. The van der Waals surface area contributed by atoms with E-state index in [1.165, 1.54) is 0 Å². The summed E-state index contributed by atoms with van der Waals surface area (Å²) in [5.41, 5.74) is 0.236. The molecular formula is C12H23BrN2O2S. The first-order chi connectivity index (χ1) is 8.47. The Morgan fingerprint density at radius 3 is 2.44 bits per heavy atom. The zero-order chi connectivity index (χ0) is 13.2. The fourth-order valence-electron chi connectivity index (χ4n) is 2.45. The molecule has 0 amide bonds. The van der Waals surface area contributed by atoms with E-state index in [2.05, 4.69) is 27.6 Å². The zero-order valence-electron chi connectivity index (χ0n) is 11.0. The largest absolute Gasteiger partial charge is 0.279 e. The summed E-state index contributed by atoms with van der Waals surface area (Å²) < 4.78 is 28.8. The minimum atomic E-state index is -3.25. The van der Waals surface area contributed by atoms with E-state index < -0.39 is 10.2 Å². The van der Waals surface area contributed by atoms with Gasteiger partial charge in [-0.1, -0.05) is 22.9 Å². The van der Waals surface area contributed by atoms with Crippen LogP contribution in [0, 0.1) is 11.3 Å². The Morgan fingerprint density at radius 1 is 1.33 bits per heavy atom. The van der Waals surface area contributed by atoms with Crippen LogP contribution in [0.2, 0.25) is 0 Å². The van der Waals surface area contributed by atoms with Crippen LogP contribution in [0.3, 0.4) is 0 Å². The third-order valence-electron chi connectivity index (χ3n) is 4.29. The van der Waals surface area contributed by atoms with Crippen LogP contribution in [0.25, 0.3) is 0 Å². The van der Waals surface area contributed by atoms with Crippen molar-refractivity contribution < 1.29 is 8.42 Å². The molecule has 1 saturated heterocycles. The fourth-order valence-corrected chi connectivity index (χ4v) is 4.66. The second kappa shape index (κ2) is 5.77. The Kier molecular flexibility index (Phi) is 4.73. The molecule has 106 valence electrons. The first kappa shape index (κ1) is 14.8. The van der Waals surface area contributed by atoms with Crippen molar-refractivity contribution in [3.8, 4) is 0 Å². The molecule has 0 bridgehead atoms. The van der Waals surface area contributed by atoms with Crippen LogP contribution in [0.4, 0.5) is 0 Å². The lowest BCUT2D eigenvalue weighted by atomic mass is 10.0. The Bertz CT molecular complexity index is 374. The second-order valence-corrected chi connectivity index (χ2v) is 8.39. The highest BCUT2D eigenvalue weighted by atomic mass is 79.9. The highest BCUT2D eigenvalue weighted by Gasteiger charge is 2.42. The molecule has 0 atom stereocenters. The third kappa shape index (κ3) is 3.68. The molecule has 0 unspecified atom stereocenters. The van der Waals surface area contributed by atoms with Gasteiger partial charge in [-0.3, -0.25) is 0 Å². The first-order valence-electron chi connectivity index (χ1n) is 6.78. The van der Waals surface area contributed by atoms with Crippen molar-refractivity contribution >= 4 is 26.1 Å². The Hall–Kier alpha value is 0.350. The van der Waals surface area contributed by atoms with Gasteiger partial charge in [0.25, 0.3) is 10.2 Å². The highest BCUT2D eigenvalue weighted by Crippen LogP contribution is 2.48. The molecule has 0 aromatic rings. The van der Waals surface area contributed by atoms with Gasteiger partial charge in [0.05, 0.1) is 0 Å². The fraction of sp³-hybridized carbons (Fsp3) is 1.00. The maximum atomic E-state index is 12.2. The average molecular weight is 339 g/mol. The summed E-state index contributed by atoms with van der Waals surface area (Å²) >= 11 is 3.44. The number of halogens is 1. The number of alkyl halides is 1. The van der Waals surface area contributed by atoms with Crippen LogP contribution in [0.15, 0.2) is 0 Å². The molecule has 0 aromatic heterocycles. The molecule has 2 aliphatic rings. The molecule has 2 fully saturated rings. The molecule has 6 heteroatoms. The van der Waals surface area contributed by atoms with Gasteiger partial charge < -0.3 is 0 Å². The summed E-state index contributed by atoms with van der Waals surface area (Å²) in [4.78, 5) is 0. The highest BCUT2D eigenvalue weighted by molar-refractivity contribution is 9.09. The van der Waals surface area contributed by atoms with Gasteiger partial charge >= 0.3 is 0 Å². The van der Waals surface area contributed by atoms with Crippen LogP contribution in [-0.4, -0.2) is 37.7 Å². The summed E-state index contributed by atoms with van der Waals surface area (Å²) in [7, 11) is -3.25. The normalized spacial score (nSPS) is 25.2. The lowest BCUT2D eigenvalue weighted by molar-refractivity contribution is 0.283. The predicted octanol–water partition coefficient (Wildman–Crippen LogP) is 2.12. The SMILES string of the molecule is CC1CCN(S(=O)(=O)NCC2(CCBr)CC2)CC1. The van der Waals surface area contributed by atoms with Gasteiger partial charge in [0.1, 0.15) is 0 Å². The van der Waals surface area contributed by atoms with E-state index in [1.807, 2.05) is 0 Å². The van der Waals surface area contributed by atoms with Gasteiger partial charge in [-0.25, -0.2) is 4.72 Å². The second-order valence-electron chi connectivity index (χ2n) is 5.85. The van der Waals surface area contributed by atoms with Crippen LogP contribution in [0.1, 0.15) is 39.0 Å². The van der Waals surface area contributed by atoms with E-state index in [4.69, 9.17) is 0 Å². The molecule has 0 radical (unpaired) electrons. The van der Waals surface area contributed by atoms with E-state index in [0.29, 0.717) is 25.6 Å². The molecule has 0 spiro atoms. The maximum Gasteiger partial charge on any atom is 0.279 e. The summed E-state index contributed by atoms with van der Waals surface area (Å²) in [5.74, 6) is 0.652. The van der Waals surface area contributed by atoms with E-state index in [9.17, 15) is 8.42 Å². The van der Waals surface area contributed by atoms with Crippen molar-refractivity contribution in [3.63, 3.8) is 0 Å². The summed E-state index contributed by atoms with van der Waals surface area (Å²) in [6.07, 6.45) is 5.32. The number of nitrogens with one attached hydrogen (secondary N) is 1. The zero-order valence-corrected chi connectivity index (χ0v) is 13.4. The van der Waals surface area contributed by atoms with Crippen molar-refractivity contribution in [1.82, 2.24) is 9.03 Å². The number of rotatable bonds is 6. The molecule has 0 aromatic carbocycles. The molecule has 4 nitrogen and oxygen atoms in total. The van der Waals surface area contributed by atoms with Gasteiger partial charge in [0.15, 0.2) is 0 Å². The molecule has 1 heterocycles. The van der Waals surface area contributed by atoms with E-state index in [0.717, 1.165) is 37.4 Å². The minimum absolute atomic E-state index is 0.236. The van der Waals surface area contributed by atoms with Crippen molar-refractivity contribution in [2.24, 2.45) is 11.3 Å².